The van der Waals surface area contributed by atoms with Gasteiger partial charge in [0.1, 0.15) is 11.6 Å². The predicted molar refractivity (Wildman–Crippen MR) is 69.8 cm³/mol. The van der Waals surface area contributed by atoms with E-state index in [2.05, 4.69) is 4.98 Å². The molecule has 1 heterocycles. The van der Waals surface area contributed by atoms with Gasteiger partial charge in [-0.3, -0.25) is 0 Å². The maximum Gasteiger partial charge on any atom is 0.348 e. The largest absolute Gasteiger partial charge is 0.462 e. The lowest BCUT2D eigenvalue weighted by Gasteiger charge is -2.02. The molecule has 0 fully saturated rings. The number of imidazole rings is 1. The summed E-state index contributed by atoms with van der Waals surface area (Å²) in [6.45, 7) is 3.99. The third-order valence-corrected chi connectivity index (χ3v) is 3.09. The van der Waals surface area contributed by atoms with Crippen LogP contribution in [0.15, 0.2) is 16.9 Å². The molecule has 0 bridgehead atoms. The highest BCUT2D eigenvalue weighted by atomic mass is 32.2. The molecular weight excluding hydrogens is 250 g/mol. The monoisotopic (exact) mass is 265 g/mol. The van der Waals surface area contributed by atoms with Gasteiger partial charge in [-0.05, 0) is 18.8 Å². The Kier molecular flexibility index (Phi) is 5.46. The van der Waals surface area contributed by atoms with Crippen LogP contribution in [0.2, 0.25) is 0 Å². The van der Waals surface area contributed by atoms with Crippen molar-refractivity contribution in [3.05, 3.63) is 17.5 Å². The number of hydrogen-bond acceptors (Lipinski definition) is 5. The van der Waals surface area contributed by atoms with E-state index in [1.165, 1.54) is 6.08 Å². The van der Waals surface area contributed by atoms with Crippen molar-refractivity contribution in [1.29, 1.82) is 5.26 Å². The first kappa shape index (κ1) is 14.3. The molecule has 0 spiro atoms. The zero-order valence-corrected chi connectivity index (χ0v) is 11.5. The van der Waals surface area contributed by atoms with Crippen molar-refractivity contribution in [2.24, 2.45) is 7.05 Å². The van der Waals surface area contributed by atoms with Gasteiger partial charge in [0.25, 0.3) is 0 Å². The molecule has 0 N–H and O–H groups in total. The molecule has 1 aromatic rings. The standard InChI is InChI=1S/C12H15N3O2S/c1-4-17-11(16)9(7-13)6-10-8-14-12(15(10)3)18-5-2/h6,8H,4-5H2,1-3H3/b9-6+. The normalized spacial score (nSPS) is 11.1. The highest BCUT2D eigenvalue weighted by Crippen LogP contribution is 2.18. The molecule has 0 aliphatic carbocycles. The summed E-state index contributed by atoms with van der Waals surface area (Å²) >= 11 is 1.60. The molecule has 5 nitrogen and oxygen atoms in total. The van der Waals surface area contributed by atoms with E-state index in [0.717, 1.165) is 10.9 Å². The molecule has 0 atom stereocenters. The summed E-state index contributed by atoms with van der Waals surface area (Å²) in [5.41, 5.74) is 0.684. The number of carbonyl (C=O) groups is 1. The zero-order valence-electron chi connectivity index (χ0n) is 10.6. The number of thioether (sulfide) groups is 1. The first-order valence-electron chi connectivity index (χ1n) is 5.57. The molecular formula is C12H15N3O2S. The molecule has 0 aliphatic rings. The fourth-order valence-corrected chi connectivity index (χ4v) is 1.98. The van der Waals surface area contributed by atoms with Crippen molar-refractivity contribution in [1.82, 2.24) is 9.55 Å². The third kappa shape index (κ3) is 3.37. The Balaban J connectivity index is 3.00. The smallest absolute Gasteiger partial charge is 0.348 e. The Morgan fingerprint density at radius 3 is 2.94 bits per heavy atom. The van der Waals surface area contributed by atoms with Crippen LogP contribution in [0.4, 0.5) is 0 Å². The minimum atomic E-state index is -0.606. The quantitative estimate of drug-likeness (QED) is 0.352. The molecule has 1 aromatic heterocycles. The summed E-state index contributed by atoms with van der Waals surface area (Å²) in [7, 11) is 1.84. The van der Waals surface area contributed by atoms with E-state index >= 15 is 0 Å². The Morgan fingerprint density at radius 2 is 2.39 bits per heavy atom. The lowest BCUT2D eigenvalue weighted by atomic mass is 10.2. The van der Waals surface area contributed by atoms with Gasteiger partial charge in [-0.15, -0.1) is 0 Å². The van der Waals surface area contributed by atoms with E-state index in [-0.39, 0.29) is 12.2 Å². The molecule has 0 saturated heterocycles. The van der Waals surface area contributed by atoms with Crippen LogP contribution in [0.25, 0.3) is 6.08 Å². The van der Waals surface area contributed by atoms with Gasteiger partial charge >= 0.3 is 5.97 Å². The minimum absolute atomic E-state index is 0.0205. The number of hydrogen-bond donors (Lipinski definition) is 0. The average molecular weight is 265 g/mol. The fourth-order valence-electron chi connectivity index (χ4n) is 1.30. The number of esters is 1. The van der Waals surface area contributed by atoms with Crippen molar-refractivity contribution in [3.63, 3.8) is 0 Å². The Bertz CT molecular complexity index is 500. The Morgan fingerprint density at radius 1 is 1.67 bits per heavy atom. The molecule has 0 aromatic carbocycles. The van der Waals surface area contributed by atoms with Crippen LogP contribution >= 0.6 is 11.8 Å². The Labute approximate surface area is 110 Å². The topological polar surface area (TPSA) is 67.9 Å². The lowest BCUT2D eigenvalue weighted by molar-refractivity contribution is -0.137. The van der Waals surface area contributed by atoms with Crippen LogP contribution in [-0.4, -0.2) is 27.9 Å². The average Bonchev–Trinajstić information content (AvgIpc) is 2.69. The van der Waals surface area contributed by atoms with Gasteiger partial charge in [-0.2, -0.15) is 5.26 Å². The second kappa shape index (κ2) is 6.87. The molecule has 1 rings (SSSR count). The van der Waals surface area contributed by atoms with E-state index in [4.69, 9.17) is 10.00 Å². The van der Waals surface area contributed by atoms with Crippen LogP contribution in [0.5, 0.6) is 0 Å². The second-order valence-electron chi connectivity index (χ2n) is 3.35. The van der Waals surface area contributed by atoms with Gasteiger partial charge in [-0.1, -0.05) is 18.7 Å². The van der Waals surface area contributed by atoms with E-state index in [1.807, 2.05) is 24.6 Å². The van der Waals surface area contributed by atoms with Gasteiger partial charge in [0.15, 0.2) is 5.16 Å². The van der Waals surface area contributed by atoms with E-state index in [0.29, 0.717) is 5.69 Å². The van der Waals surface area contributed by atoms with Crippen molar-refractivity contribution >= 4 is 23.8 Å². The lowest BCUT2D eigenvalue weighted by Crippen LogP contribution is -2.06. The van der Waals surface area contributed by atoms with Crippen molar-refractivity contribution in [2.75, 3.05) is 12.4 Å². The molecule has 0 unspecified atom stereocenters. The van der Waals surface area contributed by atoms with E-state index in [9.17, 15) is 4.79 Å². The zero-order chi connectivity index (χ0) is 13.5. The first-order valence-corrected chi connectivity index (χ1v) is 6.56. The van der Waals surface area contributed by atoms with Crippen LogP contribution in [0.1, 0.15) is 19.5 Å². The number of nitriles is 1. The van der Waals surface area contributed by atoms with Crippen LogP contribution < -0.4 is 0 Å². The fraction of sp³-hybridized carbons (Fsp3) is 0.417. The molecule has 0 amide bonds. The van der Waals surface area contributed by atoms with Gasteiger partial charge in [0, 0.05) is 7.05 Å². The predicted octanol–water partition coefficient (Wildman–Crippen LogP) is 2.00. The van der Waals surface area contributed by atoms with E-state index < -0.39 is 5.97 Å². The molecule has 0 saturated carbocycles. The highest BCUT2D eigenvalue weighted by Gasteiger charge is 2.12. The van der Waals surface area contributed by atoms with Gasteiger partial charge in [0.05, 0.1) is 18.5 Å². The SMILES string of the molecule is CCOC(=O)/C(C#N)=C/c1cnc(SCC)n1C. The van der Waals surface area contributed by atoms with Crippen LogP contribution in [0.3, 0.4) is 0 Å². The van der Waals surface area contributed by atoms with Crippen LogP contribution in [0, 0.1) is 11.3 Å². The molecule has 0 radical (unpaired) electrons. The van der Waals surface area contributed by atoms with Crippen molar-refractivity contribution in [2.45, 2.75) is 19.0 Å². The molecule has 6 heteroatoms. The number of rotatable bonds is 5. The summed E-state index contributed by atoms with van der Waals surface area (Å²) in [6.07, 6.45) is 3.12. The summed E-state index contributed by atoms with van der Waals surface area (Å²) in [5, 5.41) is 9.78. The maximum absolute atomic E-state index is 11.5. The van der Waals surface area contributed by atoms with Gasteiger partial charge in [0.2, 0.25) is 0 Å². The second-order valence-corrected chi connectivity index (χ2v) is 4.58. The minimum Gasteiger partial charge on any atom is -0.462 e. The van der Waals surface area contributed by atoms with E-state index in [1.54, 1.807) is 24.9 Å². The molecule has 0 aliphatic heterocycles. The highest BCUT2D eigenvalue weighted by molar-refractivity contribution is 7.99. The molecule has 18 heavy (non-hydrogen) atoms. The summed E-state index contributed by atoms with van der Waals surface area (Å²) in [6, 6.07) is 1.84. The summed E-state index contributed by atoms with van der Waals surface area (Å²) in [4.78, 5) is 15.7. The van der Waals surface area contributed by atoms with Crippen molar-refractivity contribution in [3.8, 4) is 6.07 Å². The number of aromatic nitrogens is 2. The molecule has 96 valence electrons. The first-order chi connectivity index (χ1) is 8.63. The third-order valence-electron chi connectivity index (χ3n) is 2.16. The maximum atomic E-state index is 11.5. The number of carbonyl (C=O) groups excluding carboxylic acids is 1. The number of nitrogens with zero attached hydrogens (tertiary/aromatic N) is 3. The van der Waals surface area contributed by atoms with Gasteiger partial charge in [-0.25, -0.2) is 9.78 Å². The van der Waals surface area contributed by atoms with Crippen LogP contribution in [-0.2, 0) is 16.6 Å². The number of ether oxygens (including phenoxy) is 1. The Hall–Kier alpha value is -1.74. The summed E-state index contributed by atoms with van der Waals surface area (Å²) in [5.74, 6) is 0.308. The summed E-state index contributed by atoms with van der Waals surface area (Å²) < 4.78 is 6.63. The van der Waals surface area contributed by atoms with Gasteiger partial charge < -0.3 is 9.30 Å². The van der Waals surface area contributed by atoms with Crippen molar-refractivity contribution < 1.29 is 9.53 Å².